The number of fused-ring (bicyclic) bond motifs is 1. The first-order valence-corrected chi connectivity index (χ1v) is 4.90. The van der Waals surface area contributed by atoms with Gasteiger partial charge in [0.15, 0.2) is 0 Å². The predicted octanol–water partition coefficient (Wildman–Crippen LogP) is 0.0526. The SMILES string of the molecule is NCC(N)=S.O=C1Nc2ccccc2C1=O. The number of rotatable bonds is 1. The number of hydrogen-bond acceptors (Lipinski definition) is 4. The van der Waals surface area contributed by atoms with Crippen LogP contribution in [0.2, 0.25) is 0 Å². The highest BCUT2D eigenvalue weighted by Gasteiger charge is 2.26. The molecule has 1 aromatic rings. The molecule has 0 spiro atoms. The molecule has 0 atom stereocenters. The first-order valence-electron chi connectivity index (χ1n) is 4.49. The minimum atomic E-state index is -0.536. The number of carbonyl (C=O) groups is 2. The Balaban J connectivity index is 0.000000221. The van der Waals surface area contributed by atoms with Crippen LogP contribution in [-0.2, 0) is 4.79 Å². The van der Waals surface area contributed by atoms with Crippen molar-refractivity contribution in [3.63, 3.8) is 0 Å². The Labute approximate surface area is 97.8 Å². The third kappa shape index (κ3) is 2.85. The number of nitrogens with one attached hydrogen (secondary N) is 1. The van der Waals surface area contributed by atoms with Gasteiger partial charge in [-0.05, 0) is 12.1 Å². The van der Waals surface area contributed by atoms with E-state index in [0.717, 1.165) is 0 Å². The maximum absolute atomic E-state index is 11.0. The lowest BCUT2D eigenvalue weighted by molar-refractivity contribution is -0.112. The third-order valence-electron chi connectivity index (χ3n) is 1.83. The maximum Gasteiger partial charge on any atom is 0.296 e. The molecule has 0 saturated carbocycles. The summed E-state index contributed by atoms with van der Waals surface area (Å²) in [5, 5.41) is 2.46. The Morgan fingerprint density at radius 3 is 2.38 bits per heavy atom. The average molecular weight is 237 g/mol. The first-order chi connectivity index (χ1) is 7.56. The number of carbonyl (C=O) groups excluding carboxylic acids is 2. The third-order valence-corrected chi connectivity index (χ3v) is 1.99. The Hall–Kier alpha value is -1.79. The average Bonchev–Trinajstić information content (AvgIpc) is 2.56. The predicted molar refractivity (Wildman–Crippen MR) is 65.2 cm³/mol. The van der Waals surface area contributed by atoms with Gasteiger partial charge in [0, 0.05) is 6.54 Å². The number of thiocarbonyl (C=S) groups is 1. The van der Waals surface area contributed by atoms with Gasteiger partial charge in [0.2, 0.25) is 0 Å². The number of ketones is 1. The van der Waals surface area contributed by atoms with Crippen molar-refractivity contribution in [1.82, 2.24) is 0 Å². The summed E-state index contributed by atoms with van der Waals surface area (Å²) in [5.74, 6) is -0.980. The number of para-hydroxylation sites is 1. The van der Waals surface area contributed by atoms with Gasteiger partial charge >= 0.3 is 0 Å². The van der Waals surface area contributed by atoms with Crippen molar-refractivity contribution in [2.24, 2.45) is 11.5 Å². The van der Waals surface area contributed by atoms with E-state index in [-0.39, 0.29) is 0 Å². The molecule has 1 amide bonds. The lowest BCUT2D eigenvalue weighted by atomic mass is 10.1. The zero-order valence-corrected chi connectivity index (χ0v) is 9.21. The van der Waals surface area contributed by atoms with Crippen LogP contribution in [-0.4, -0.2) is 23.2 Å². The lowest BCUT2D eigenvalue weighted by Gasteiger charge is -1.91. The molecular formula is C10H11N3O2S. The number of amides is 1. The fraction of sp³-hybridized carbons (Fsp3) is 0.100. The highest BCUT2D eigenvalue weighted by Crippen LogP contribution is 2.21. The van der Waals surface area contributed by atoms with Crippen LogP contribution in [0.15, 0.2) is 24.3 Å². The minimum absolute atomic E-state index is 0.315. The van der Waals surface area contributed by atoms with Crippen molar-refractivity contribution in [3.05, 3.63) is 29.8 Å². The van der Waals surface area contributed by atoms with E-state index in [2.05, 4.69) is 17.5 Å². The molecule has 0 saturated heterocycles. The summed E-state index contributed by atoms with van der Waals surface area (Å²) in [5.41, 5.74) is 10.9. The van der Waals surface area contributed by atoms with E-state index in [1.165, 1.54) is 0 Å². The molecule has 16 heavy (non-hydrogen) atoms. The van der Waals surface area contributed by atoms with Crippen LogP contribution in [0.4, 0.5) is 5.69 Å². The van der Waals surface area contributed by atoms with Gasteiger partial charge in [0.25, 0.3) is 11.7 Å². The molecule has 5 nitrogen and oxygen atoms in total. The van der Waals surface area contributed by atoms with Crippen molar-refractivity contribution in [2.75, 3.05) is 11.9 Å². The number of hydrogen-bond donors (Lipinski definition) is 3. The van der Waals surface area contributed by atoms with E-state index in [1.807, 2.05) is 0 Å². The van der Waals surface area contributed by atoms with E-state index in [1.54, 1.807) is 24.3 Å². The van der Waals surface area contributed by atoms with E-state index in [0.29, 0.717) is 22.8 Å². The van der Waals surface area contributed by atoms with Crippen molar-refractivity contribution in [1.29, 1.82) is 0 Å². The minimum Gasteiger partial charge on any atom is -0.392 e. The summed E-state index contributed by atoms with van der Waals surface area (Å²) >= 11 is 4.35. The zero-order chi connectivity index (χ0) is 12.1. The fourth-order valence-corrected chi connectivity index (χ4v) is 1.09. The molecule has 5 N–H and O–H groups in total. The number of nitrogens with two attached hydrogens (primary N) is 2. The highest BCUT2D eigenvalue weighted by atomic mass is 32.1. The molecule has 0 aromatic heterocycles. The quantitative estimate of drug-likeness (QED) is 0.473. The largest absolute Gasteiger partial charge is 0.392 e. The number of anilines is 1. The Morgan fingerprint density at radius 2 is 1.88 bits per heavy atom. The number of Topliss-reactive ketones (excluding diaryl/α,β-unsaturated/α-hetero) is 1. The molecule has 84 valence electrons. The molecule has 1 aliphatic heterocycles. The van der Waals surface area contributed by atoms with Gasteiger partial charge in [-0.2, -0.15) is 0 Å². The summed E-state index contributed by atoms with van der Waals surface area (Å²) in [6.07, 6.45) is 0. The lowest BCUT2D eigenvalue weighted by Crippen LogP contribution is -2.19. The Kier molecular flexibility index (Phi) is 4.10. The van der Waals surface area contributed by atoms with E-state index < -0.39 is 11.7 Å². The molecule has 0 bridgehead atoms. The normalized spacial score (nSPS) is 12.3. The van der Waals surface area contributed by atoms with Crippen LogP contribution in [0.25, 0.3) is 0 Å². The summed E-state index contributed by atoms with van der Waals surface area (Å²) in [7, 11) is 0. The standard InChI is InChI=1S/C8H5NO2.C2H6N2S/c10-7-5-3-1-2-4-6(5)9-8(7)11;3-1-2(4)5/h1-4H,(H,9,10,11);1,3H2,(H2,4,5). The second-order valence-electron chi connectivity index (χ2n) is 3.00. The Bertz CT molecular complexity index is 445. The first kappa shape index (κ1) is 12.3. The Morgan fingerprint density at radius 1 is 1.31 bits per heavy atom. The fourth-order valence-electron chi connectivity index (χ4n) is 1.09. The summed E-state index contributed by atoms with van der Waals surface area (Å²) in [4.78, 5) is 22.1. The molecule has 0 unspecified atom stereocenters. The van der Waals surface area contributed by atoms with Crippen molar-refractivity contribution in [3.8, 4) is 0 Å². The van der Waals surface area contributed by atoms with Crippen molar-refractivity contribution < 1.29 is 9.59 Å². The second kappa shape index (κ2) is 5.34. The van der Waals surface area contributed by atoms with Gasteiger partial charge in [-0.1, -0.05) is 24.4 Å². The van der Waals surface area contributed by atoms with Crippen LogP contribution >= 0.6 is 12.2 Å². The highest BCUT2D eigenvalue weighted by molar-refractivity contribution is 7.80. The maximum atomic E-state index is 11.0. The summed E-state index contributed by atoms with van der Waals surface area (Å²) in [6, 6.07) is 6.85. The molecule has 2 rings (SSSR count). The van der Waals surface area contributed by atoms with Gasteiger partial charge in [-0.25, -0.2) is 0 Å². The molecular weight excluding hydrogens is 226 g/mol. The van der Waals surface area contributed by atoms with Crippen LogP contribution in [0.3, 0.4) is 0 Å². The molecule has 1 aromatic carbocycles. The molecule has 1 heterocycles. The molecule has 0 fully saturated rings. The molecule has 0 aliphatic carbocycles. The second-order valence-corrected chi connectivity index (χ2v) is 3.52. The monoisotopic (exact) mass is 237 g/mol. The van der Waals surface area contributed by atoms with E-state index in [4.69, 9.17) is 11.5 Å². The summed E-state index contributed by atoms with van der Waals surface area (Å²) < 4.78 is 0. The van der Waals surface area contributed by atoms with Crippen molar-refractivity contribution >= 4 is 34.6 Å². The van der Waals surface area contributed by atoms with Crippen molar-refractivity contribution in [2.45, 2.75) is 0 Å². The van der Waals surface area contributed by atoms with Gasteiger partial charge < -0.3 is 16.8 Å². The number of benzene rings is 1. The van der Waals surface area contributed by atoms with Gasteiger partial charge in [0.05, 0.1) is 16.2 Å². The van der Waals surface area contributed by atoms with E-state index in [9.17, 15) is 9.59 Å². The van der Waals surface area contributed by atoms with Crippen LogP contribution in [0.1, 0.15) is 10.4 Å². The summed E-state index contributed by atoms with van der Waals surface area (Å²) in [6.45, 7) is 0.315. The molecule has 1 aliphatic rings. The molecule has 6 heteroatoms. The van der Waals surface area contributed by atoms with Gasteiger partial charge in [-0.15, -0.1) is 0 Å². The van der Waals surface area contributed by atoms with Crippen LogP contribution in [0, 0.1) is 0 Å². The van der Waals surface area contributed by atoms with Gasteiger partial charge in [-0.3, -0.25) is 9.59 Å². The van der Waals surface area contributed by atoms with Crippen LogP contribution in [0.5, 0.6) is 0 Å². The zero-order valence-electron chi connectivity index (χ0n) is 8.40. The van der Waals surface area contributed by atoms with Gasteiger partial charge in [0.1, 0.15) is 0 Å². The van der Waals surface area contributed by atoms with Crippen LogP contribution < -0.4 is 16.8 Å². The van der Waals surface area contributed by atoms with E-state index >= 15 is 0 Å². The smallest absolute Gasteiger partial charge is 0.296 e. The topological polar surface area (TPSA) is 98.2 Å². The molecule has 0 radical (unpaired) electrons.